The maximum absolute atomic E-state index is 12.7. The van der Waals surface area contributed by atoms with E-state index >= 15 is 0 Å². The van der Waals surface area contributed by atoms with Crippen molar-refractivity contribution < 1.29 is 14.3 Å². The number of amides is 2. The van der Waals surface area contributed by atoms with Gasteiger partial charge in [0.25, 0.3) is 11.8 Å². The summed E-state index contributed by atoms with van der Waals surface area (Å²) in [5.74, 6) is 0.0202. The molecule has 2 aromatic rings. The van der Waals surface area contributed by atoms with Gasteiger partial charge in [-0.3, -0.25) is 20.0 Å². The lowest BCUT2D eigenvalue weighted by atomic mass is 10.00. The molecule has 0 saturated carbocycles. The van der Waals surface area contributed by atoms with Crippen LogP contribution in [-0.2, 0) is 9.59 Å². The number of carbonyl (C=O) groups excluding carboxylic acids is 2. The molecule has 0 radical (unpaired) electrons. The van der Waals surface area contributed by atoms with Gasteiger partial charge in [-0.2, -0.15) is 0 Å². The van der Waals surface area contributed by atoms with E-state index < -0.39 is 5.91 Å². The number of ether oxygens (including phenoxy) is 1. The standard InChI is InChI=1S/C20H21N3O3/c1-4-11-26-18-6-5-15(13(2)14(18)3)12-17-19(24)22-23(20(17)25)16-7-9-21-10-8-16/h5-10,12H,4,11H2,1-3H3,(H,22,24). The first-order chi connectivity index (χ1) is 12.5. The number of hydrazine groups is 1. The molecule has 1 fully saturated rings. The number of benzene rings is 1. The molecular formula is C20H21N3O3. The van der Waals surface area contributed by atoms with Crippen molar-refractivity contribution in [2.75, 3.05) is 11.6 Å². The van der Waals surface area contributed by atoms with Crippen LogP contribution in [0.1, 0.15) is 30.0 Å². The number of carbonyl (C=O) groups is 2. The van der Waals surface area contributed by atoms with Crippen molar-refractivity contribution in [1.82, 2.24) is 10.4 Å². The zero-order valence-corrected chi connectivity index (χ0v) is 15.1. The first-order valence-corrected chi connectivity index (χ1v) is 8.53. The summed E-state index contributed by atoms with van der Waals surface area (Å²) in [5, 5.41) is 1.23. The molecule has 134 valence electrons. The quantitative estimate of drug-likeness (QED) is 0.664. The third-order valence-electron chi connectivity index (χ3n) is 4.35. The highest BCUT2D eigenvalue weighted by Crippen LogP contribution is 2.27. The third kappa shape index (κ3) is 3.31. The van der Waals surface area contributed by atoms with Crippen molar-refractivity contribution in [2.24, 2.45) is 0 Å². The molecule has 3 rings (SSSR count). The summed E-state index contributed by atoms with van der Waals surface area (Å²) in [4.78, 5) is 28.9. The molecule has 6 heteroatoms. The lowest BCUT2D eigenvalue weighted by Crippen LogP contribution is -2.35. The third-order valence-corrected chi connectivity index (χ3v) is 4.35. The predicted octanol–water partition coefficient (Wildman–Crippen LogP) is 2.95. The summed E-state index contributed by atoms with van der Waals surface area (Å²) in [6, 6.07) is 7.07. The highest BCUT2D eigenvalue weighted by molar-refractivity contribution is 6.31. The Hall–Kier alpha value is -3.15. The maximum atomic E-state index is 12.7. The van der Waals surface area contributed by atoms with Gasteiger partial charge < -0.3 is 4.74 Å². The normalized spacial score (nSPS) is 15.5. The fourth-order valence-corrected chi connectivity index (χ4v) is 2.73. The van der Waals surface area contributed by atoms with E-state index in [1.807, 2.05) is 26.0 Å². The van der Waals surface area contributed by atoms with Crippen molar-refractivity contribution in [1.29, 1.82) is 0 Å². The second-order valence-corrected chi connectivity index (χ2v) is 6.10. The fourth-order valence-electron chi connectivity index (χ4n) is 2.73. The fraction of sp³-hybridized carbons (Fsp3) is 0.250. The Labute approximate surface area is 152 Å². The SMILES string of the molecule is CCCOc1ccc(C=C2C(=O)NN(c3ccncc3)C2=O)c(C)c1C. The number of nitrogens with zero attached hydrogens (tertiary/aromatic N) is 2. The van der Waals surface area contributed by atoms with Crippen LogP contribution in [-0.4, -0.2) is 23.4 Å². The Bertz CT molecular complexity index is 875. The first-order valence-electron chi connectivity index (χ1n) is 8.53. The van der Waals surface area contributed by atoms with Crippen molar-refractivity contribution in [3.8, 4) is 5.75 Å². The Morgan fingerprint density at radius 3 is 2.54 bits per heavy atom. The molecule has 1 saturated heterocycles. The summed E-state index contributed by atoms with van der Waals surface area (Å²) < 4.78 is 5.73. The van der Waals surface area contributed by atoms with E-state index in [0.717, 1.165) is 28.9 Å². The molecule has 0 unspecified atom stereocenters. The Morgan fingerprint density at radius 1 is 1.12 bits per heavy atom. The van der Waals surface area contributed by atoms with E-state index in [2.05, 4.69) is 17.3 Å². The molecule has 1 aromatic heterocycles. The monoisotopic (exact) mass is 351 g/mol. The van der Waals surface area contributed by atoms with Crippen molar-refractivity contribution in [3.05, 3.63) is 58.9 Å². The van der Waals surface area contributed by atoms with Crippen molar-refractivity contribution >= 4 is 23.6 Å². The Balaban J connectivity index is 1.91. The van der Waals surface area contributed by atoms with Crippen LogP contribution < -0.4 is 15.2 Å². The average molecular weight is 351 g/mol. The summed E-state index contributed by atoms with van der Waals surface area (Å²) in [5.41, 5.74) is 6.06. The molecule has 1 aromatic carbocycles. The number of aromatic nitrogens is 1. The van der Waals surface area contributed by atoms with Crippen molar-refractivity contribution in [3.63, 3.8) is 0 Å². The van der Waals surface area contributed by atoms with Gasteiger partial charge in [0, 0.05) is 12.4 Å². The van der Waals surface area contributed by atoms with Crippen LogP contribution in [0.15, 0.2) is 42.2 Å². The number of anilines is 1. The summed E-state index contributed by atoms with van der Waals surface area (Å²) in [6.07, 6.45) is 5.70. The molecule has 2 amide bonds. The van der Waals surface area contributed by atoms with Gasteiger partial charge >= 0.3 is 0 Å². The lowest BCUT2D eigenvalue weighted by molar-refractivity contribution is -0.117. The molecule has 1 aliphatic heterocycles. The van der Waals surface area contributed by atoms with Crippen LogP contribution in [0.25, 0.3) is 6.08 Å². The molecule has 6 nitrogen and oxygen atoms in total. The minimum atomic E-state index is -0.421. The van der Waals surface area contributed by atoms with Crippen LogP contribution in [0.4, 0.5) is 5.69 Å². The number of rotatable bonds is 5. The molecule has 2 heterocycles. The second-order valence-electron chi connectivity index (χ2n) is 6.10. The van der Waals surface area contributed by atoms with Gasteiger partial charge in [-0.1, -0.05) is 13.0 Å². The largest absolute Gasteiger partial charge is 0.493 e. The van der Waals surface area contributed by atoms with Crippen LogP contribution >= 0.6 is 0 Å². The van der Waals surface area contributed by atoms with E-state index in [1.54, 1.807) is 30.6 Å². The average Bonchev–Trinajstić information content (AvgIpc) is 2.93. The van der Waals surface area contributed by atoms with Gasteiger partial charge in [0.1, 0.15) is 11.3 Å². The van der Waals surface area contributed by atoms with Crippen LogP contribution in [0, 0.1) is 13.8 Å². The van der Waals surface area contributed by atoms with Gasteiger partial charge in [-0.05, 0) is 61.2 Å². The van der Waals surface area contributed by atoms with Gasteiger partial charge in [0.05, 0.1) is 12.3 Å². The molecule has 0 atom stereocenters. The van der Waals surface area contributed by atoms with E-state index in [9.17, 15) is 9.59 Å². The summed E-state index contributed by atoms with van der Waals surface area (Å²) in [7, 11) is 0. The molecule has 0 spiro atoms. The number of hydrogen-bond donors (Lipinski definition) is 1. The summed E-state index contributed by atoms with van der Waals surface area (Å²) in [6.45, 7) is 6.64. The van der Waals surface area contributed by atoms with Gasteiger partial charge in [-0.25, -0.2) is 5.01 Å². The number of pyridine rings is 1. The molecule has 1 aliphatic rings. The summed E-state index contributed by atoms with van der Waals surface area (Å²) >= 11 is 0. The van der Waals surface area contributed by atoms with E-state index in [4.69, 9.17) is 4.74 Å². The number of nitrogens with one attached hydrogen (secondary N) is 1. The zero-order chi connectivity index (χ0) is 18.7. The van der Waals surface area contributed by atoms with Gasteiger partial charge in [0.15, 0.2) is 0 Å². The van der Waals surface area contributed by atoms with Crippen LogP contribution in [0.3, 0.4) is 0 Å². The maximum Gasteiger partial charge on any atom is 0.282 e. The molecule has 26 heavy (non-hydrogen) atoms. The second kappa shape index (κ2) is 7.39. The van der Waals surface area contributed by atoms with E-state index in [0.29, 0.717) is 12.3 Å². The smallest absolute Gasteiger partial charge is 0.282 e. The molecule has 1 N–H and O–H groups in total. The molecule has 0 aliphatic carbocycles. The van der Waals surface area contributed by atoms with Crippen LogP contribution in [0.2, 0.25) is 0 Å². The topological polar surface area (TPSA) is 71.5 Å². The molecular weight excluding hydrogens is 330 g/mol. The predicted molar refractivity (Wildman–Crippen MR) is 99.5 cm³/mol. The van der Waals surface area contributed by atoms with Gasteiger partial charge in [0.2, 0.25) is 0 Å². The minimum Gasteiger partial charge on any atom is -0.493 e. The van der Waals surface area contributed by atoms with Crippen LogP contribution in [0.5, 0.6) is 5.75 Å². The minimum absolute atomic E-state index is 0.103. The Morgan fingerprint density at radius 2 is 1.85 bits per heavy atom. The van der Waals surface area contributed by atoms with E-state index in [-0.39, 0.29) is 11.5 Å². The number of hydrogen-bond acceptors (Lipinski definition) is 4. The molecule has 0 bridgehead atoms. The van der Waals surface area contributed by atoms with E-state index in [1.165, 1.54) is 5.01 Å². The zero-order valence-electron chi connectivity index (χ0n) is 15.1. The lowest BCUT2D eigenvalue weighted by Gasteiger charge is -2.14. The Kier molecular flexibility index (Phi) is 5.02. The highest BCUT2D eigenvalue weighted by Gasteiger charge is 2.34. The first kappa shape index (κ1) is 17.7. The van der Waals surface area contributed by atoms with Crippen molar-refractivity contribution in [2.45, 2.75) is 27.2 Å². The van der Waals surface area contributed by atoms with Gasteiger partial charge in [-0.15, -0.1) is 0 Å². The highest BCUT2D eigenvalue weighted by atomic mass is 16.5.